The van der Waals surface area contributed by atoms with Gasteiger partial charge in [0.05, 0.1) is 11.3 Å². The predicted octanol–water partition coefficient (Wildman–Crippen LogP) is 2.58. The van der Waals surface area contributed by atoms with Crippen LogP contribution < -0.4 is 10.6 Å². The van der Waals surface area contributed by atoms with Crippen LogP contribution in [0.5, 0.6) is 0 Å². The molecule has 20 heavy (non-hydrogen) atoms. The predicted molar refractivity (Wildman–Crippen MR) is 76.0 cm³/mol. The van der Waals surface area contributed by atoms with E-state index in [1.54, 1.807) is 24.5 Å². The van der Waals surface area contributed by atoms with Gasteiger partial charge in [-0.05, 0) is 30.7 Å². The highest BCUT2D eigenvalue weighted by molar-refractivity contribution is 5.99. The van der Waals surface area contributed by atoms with Crippen LogP contribution in [0.4, 0.5) is 10.1 Å². The first kappa shape index (κ1) is 14.0. The summed E-state index contributed by atoms with van der Waals surface area (Å²) in [6.45, 7) is 2.75. The SMILES string of the molecule is CCNc1c(F)cccc1C(=O)NCc1cccnc1. The quantitative estimate of drug-likeness (QED) is 0.880. The van der Waals surface area contributed by atoms with Gasteiger partial charge in [-0.2, -0.15) is 0 Å². The van der Waals surface area contributed by atoms with Gasteiger partial charge in [0.2, 0.25) is 0 Å². The molecule has 1 amide bonds. The minimum atomic E-state index is -0.430. The third kappa shape index (κ3) is 3.32. The molecule has 0 aliphatic heterocycles. The average Bonchev–Trinajstić information content (AvgIpc) is 2.48. The summed E-state index contributed by atoms with van der Waals surface area (Å²) in [5, 5.41) is 5.63. The van der Waals surface area contributed by atoms with Crippen molar-refractivity contribution >= 4 is 11.6 Å². The lowest BCUT2D eigenvalue weighted by atomic mass is 10.1. The van der Waals surface area contributed by atoms with Gasteiger partial charge in [-0.3, -0.25) is 9.78 Å². The lowest BCUT2D eigenvalue weighted by Gasteiger charge is -2.12. The van der Waals surface area contributed by atoms with Gasteiger partial charge in [0, 0.05) is 25.5 Å². The van der Waals surface area contributed by atoms with Gasteiger partial charge >= 0.3 is 0 Å². The molecule has 2 aromatic rings. The molecule has 0 saturated carbocycles. The lowest BCUT2D eigenvalue weighted by molar-refractivity contribution is 0.0951. The maximum Gasteiger partial charge on any atom is 0.253 e. The number of pyridine rings is 1. The van der Waals surface area contributed by atoms with Crippen LogP contribution in [0.2, 0.25) is 0 Å². The Bertz CT molecular complexity index is 587. The Kier molecular flexibility index (Phi) is 4.65. The zero-order valence-electron chi connectivity index (χ0n) is 11.2. The highest BCUT2D eigenvalue weighted by Crippen LogP contribution is 2.19. The molecule has 0 aliphatic rings. The van der Waals surface area contributed by atoms with Crippen molar-refractivity contribution in [2.75, 3.05) is 11.9 Å². The maximum atomic E-state index is 13.7. The molecule has 1 aromatic heterocycles. The number of aromatic nitrogens is 1. The largest absolute Gasteiger partial charge is 0.382 e. The summed E-state index contributed by atoms with van der Waals surface area (Å²) >= 11 is 0. The van der Waals surface area contributed by atoms with Crippen molar-refractivity contribution in [2.45, 2.75) is 13.5 Å². The minimum Gasteiger partial charge on any atom is -0.382 e. The van der Waals surface area contributed by atoms with E-state index >= 15 is 0 Å². The summed E-state index contributed by atoms with van der Waals surface area (Å²) in [7, 11) is 0. The van der Waals surface area contributed by atoms with Crippen LogP contribution >= 0.6 is 0 Å². The van der Waals surface area contributed by atoms with Gasteiger partial charge in [-0.1, -0.05) is 12.1 Å². The summed E-state index contributed by atoms with van der Waals surface area (Å²) in [5.74, 6) is -0.745. The van der Waals surface area contributed by atoms with Crippen molar-refractivity contribution < 1.29 is 9.18 Å². The van der Waals surface area contributed by atoms with E-state index in [2.05, 4.69) is 15.6 Å². The zero-order chi connectivity index (χ0) is 14.4. The number of hydrogen-bond donors (Lipinski definition) is 2. The number of para-hydroxylation sites is 1. The van der Waals surface area contributed by atoms with E-state index in [0.717, 1.165) is 5.56 Å². The number of rotatable bonds is 5. The van der Waals surface area contributed by atoms with Crippen molar-refractivity contribution in [2.24, 2.45) is 0 Å². The van der Waals surface area contributed by atoms with Crippen molar-refractivity contribution in [3.05, 3.63) is 59.7 Å². The summed E-state index contributed by atoms with van der Waals surface area (Å²) in [6.07, 6.45) is 3.35. The molecule has 104 valence electrons. The summed E-state index contributed by atoms with van der Waals surface area (Å²) in [4.78, 5) is 16.1. The smallest absolute Gasteiger partial charge is 0.253 e. The van der Waals surface area contributed by atoms with Crippen LogP contribution in [-0.2, 0) is 6.54 Å². The van der Waals surface area contributed by atoms with Gasteiger partial charge in [0.1, 0.15) is 5.82 Å². The Hall–Kier alpha value is -2.43. The average molecular weight is 273 g/mol. The van der Waals surface area contributed by atoms with Crippen LogP contribution in [0, 0.1) is 5.82 Å². The van der Waals surface area contributed by atoms with E-state index in [-0.39, 0.29) is 11.6 Å². The van der Waals surface area contributed by atoms with Crippen LogP contribution in [0.1, 0.15) is 22.8 Å². The molecule has 0 spiro atoms. The molecule has 0 fully saturated rings. The molecule has 2 rings (SSSR count). The number of amides is 1. The Balaban J connectivity index is 2.11. The lowest BCUT2D eigenvalue weighted by Crippen LogP contribution is -2.24. The van der Waals surface area contributed by atoms with Crippen LogP contribution in [0.15, 0.2) is 42.7 Å². The van der Waals surface area contributed by atoms with Crippen molar-refractivity contribution in [3.63, 3.8) is 0 Å². The maximum absolute atomic E-state index is 13.7. The van der Waals surface area contributed by atoms with Gasteiger partial charge in [0.25, 0.3) is 5.91 Å². The summed E-state index contributed by atoms with van der Waals surface area (Å²) in [6, 6.07) is 8.11. The number of nitrogens with zero attached hydrogens (tertiary/aromatic N) is 1. The second kappa shape index (κ2) is 6.65. The zero-order valence-corrected chi connectivity index (χ0v) is 11.2. The molecule has 0 atom stereocenters. The molecule has 0 bridgehead atoms. The first-order chi connectivity index (χ1) is 9.72. The molecule has 5 heteroatoms. The number of hydrogen-bond acceptors (Lipinski definition) is 3. The number of nitrogens with one attached hydrogen (secondary N) is 2. The fourth-order valence-corrected chi connectivity index (χ4v) is 1.85. The second-order valence-electron chi connectivity index (χ2n) is 4.24. The summed E-state index contributed by atoms with van der Waals surface area (Å²) < 4.78 is 13.7. The third-order valence-corrected chi connectivity index (χ3v) is 2.79. The third-order valence-electron chi connectivity index (χ3n) is 2.79. The van der Waals surface area contributed by atoms with Crippen LogP contribution in [0.25, 0.3) is 0 Å². The number of carbonyl (C=O) groups excluding carboxylic acids is 1. The topological polar surface area (TPSA) is 54.0 Å². The minimum absolute atomic E-state index is 0.235. The van der Waals surface area contributed by atoms with Gasteiger partial charge in [-0.15, -0.1) is 0 Å². The number of benzene rings is 1. The number of carbonyl (C=O) groups is 1. The van der Waals surface area contributed by atoms with Gasteiger partial charge < -0.3 is 10.6 Å². The molecule has 0 saturated heterocycles. The molecule has 1 aromatic carbocycles. The Morgan fingerprint density at radius 1 is 1.30 bits per heavy atom. The standard InChI is InChI=1S/C15H16FN3O/c1-2-18-14-12(6-3-7-13(14)16)15(20)19-10-11-5-4-8-17-9-11/h3-9,18H,2,10H2,1H3,(H,19,20). The van der Waals surface area contributed by atoms with Crippen LogP contribution in [-0.4, -0.2) is 17.4 Å². The summed E-state index contributed by atoms with van der Waals surface area (Å²) in [5.41, 5.74) is 1.43. The second-order valence-corrected chi connectivity index (χ2v) is 4.24. The van der Waals surface area contributed by atoms with E-state index in [9.17, 15) is 9.18 Å². The first-order valence-electron chi connectivity index (χ1n) is 6.42. The number of halogens is 1. The fourth-order valence-electron chi connectivity index (χ4n) is 1.85. The molecular formula is C15H16FN3O. The Morgan fingerprint density at radius 2 is 2.15 bits per heavy atom. The highest BCUT2D eigenvalue weighted by Gasteiger charge is 2.14. The van der Waals surface area contributed by atoms with Crippen molar-refractivity contribution in [1.29, 1.82) is 0 Å². The van der Waals surface area contributed by atoms with E-state index in [1.165, 1.54) is 12.1 Å². The van der Waals surface area contributed by atoms with E-state index in [1.807, 2.05) is 13.0 Å². The van der Waals surface area contributed by atoms with E-state index < -0.39 is 5.82 Å². The number of anilines is 1. The molecule has 4 nitrogen and oxygen atoms in total. The molecule has 0 radical (unpaired) electrons. The fraction of sp³-hybridized carbons (Fsp3) is 0.200. The molecule has 1 heterocycles. The Morgan fingerprint density at radius 3 is 2.85 bits per heavy atom. The monoisotopic (exact) mass is 273 g/mol. The molecule has 2 N–H and O–H groups in total. The molecule has 0 aliphatic carbocycles. The van der Waals surface area contributed by atoms with E-state index in [0.29, 0.717) is 18.7 Å². The first-order valence-corrected chi connectivity index (χ1v) is 6.42. The molecule has 0 unspecified atom stereocenters. The normalized spacial score (nSPS) is 10.1. The van der Waals surface area contributed by atoms with Crippen LogP contribution in [0.3, 0.4) is 0 Å². The van der Waals surface area contributed by atoms with Crippen molar-refractivity contribution in [3.8, 4) is 0 Å². The van der Waals surface area contributed by atoms with Gasteiger partial charge in [0.15, 0.2) is 0 Å². The van der Waals surface area contributed by atoms with Gasteiger partial charge in [-0.25, -0.2) is 4.39 Å². The highest BCUT2D eigenvalue weighted by atomic mass is 19.1. The molecular weight excluding hydrogens is 257 g/mol. The van der Waals surface area contributed by atoms with Crippen molar-refractivity contribution in [1.82, 2.24) is 10.3 Å². The Labute approximate surface area is 117 Å². The van der Waals surface area contributed by atoms with E-state index in [4.69, 9.17) is 0 Å².